The molecule has 100 valence electrons. The van der Waals surface area contributed by atoms with Crippen LogP contribution in [0.25, 0.3) is 0 Å². The lowest BCUT2D eigenvalue weighted by molar-refractivity contribution is -0.139. The topological polar surface area (TPSA) is 84.5 Å². The van der Waals surface area contributed by atoms with Crippen LogP contribution in [0.15, 0.2) is 0 Å². The first-order valence-corrected chi connectivity index (χ1v) is 7.52. The summed E-state index contributed by atoms with van der Waals surface area (Å²) < 4.78 is 30.1. The van der Waals surface area contributed by atoms with Gasteiger partial charge < -0.3 is 10.1 Å². The van der Waals surface area contributed by atoms with E-state index >= 15 is 0 Å². The highest BCUT2D eigenvalue weighted by molar-refractivity contribution is 7.90. The van der Waals surface area contributed by atoms with Crippen molar-refractivity contribution in [3.8, 4) is 0 Å². The molecule has 0 amide bonds. The average molecular weight is 264 g/mol. The summed E-state index contributed by atoms with van der Waals surface area (Å²) in [5, 5.41) is 3.21. The number of rotatable bonds is 6. The molecule has 1 aliphatic rings. The zero-order valence-corrected chi connectivity index (χ0v) is 10.9. The lowest BCUT2D eigenvalue weighted by Crippen LogP contribution is -2.39. The van der Waals surface area contributed by atoms with E-state index in [1.54, 1.807) is 6.92 Å². The molecule has 0 bridgehead atoms. The van der Waals surface area contributed by atoms with Crippen molar-refractivity contribution in [2.75, 3.05) is 32.0 Å². The van der Waals surface area contributed by atoms with Gasteiger partial charge in [-0.15, -0.1) is 0 Å². The normalized spacial score (nSPS) is 21.1. The maximum absolute atomic E-state index is 11.5. The molecule has 0 aromatic rings. The zero-order chi connectivity index (χ0) is 12.7. The Morgan fingerprint density at radius 1 is 1.53 bits per heavy atom. The van der Waals surface area contributed by atoms with Crippen molar-refractivity contribution in [1.82, 2.24) is 10.0 Å². The maximum atomic E-state index is 11.5. The van der Waals surface area contributed by atoms with Gasteiger partial charge in [-0.3, -0.25) is 4.79 Å². The predicted octanol–water partition coefficient (Wildman–Crippen LogP) is -0.531. The largest absolute Gasteiger partial charge is 0.465 e. The number of carbonyl (C=O) groups excluding carboxylic acids is 1. The third-order valence-electron chi connectivity index (χ3n) is 2.60. The fraction of sp³-hybridized carbons (Fsp3) is 0.900. The number of sulfonamides is 1. The second-order valence-electron chi connectivity index (χ2n) is 4.12. The molecule has 17 heavy (non-hydrogen) atoms. The van der Waals surface area contributed by atoms with Crippen LogP contribution in [-0.4, -0.2) is 46.4 Å². The molecular formula is C10H20N2O4S. The smallest absolute Gasteiger partial charge is 0.322 e. The van der Waals surface area contributed by atoms with E-state index < -0.39 is 21.7 Å². The summed E-state index contributed by atoms with van der Waals surface area (Å²) in [7, 11) is -3.55. The summed E-state index contributed by atoms with van der Waals surface area (Å²) in [6.45, 7) is 4.04. The molecule has 0 aromatic carbocycles. The minimum atomic E-state index is -3.55. The first-order valence-electron chi connectivity index (χ1n) is 5.87. The van der Waals surface area contributed by atoms with Gasteiger partial charge in [0.1, 0.15) is 0 Å². The molecule has 0 aliphatic carbocycles. The van der Waals surface area contributed by atoms with Crippen molar-refractivity contribution in [2.45, 2.75) is 19.8 Å². The minimum absolute atomic E-state index is 0.195. The van der Waals surface area contributed by atoms with Gasteiger partial charge in [-0.2, -0.15) is 0 Å². The standard InChI is InChI=1S/C10H20N2O4S/c1-2-16-10(13)8-17(14,15)12-7-9-4-3-5-11-6-9/h9,11-12H,2-8H2,1H3. The molecular weight excluding hydrogens is 244 g/mol. The molecule has 1 aliphatic heterocycles. The van der Waals surface area contributed by atoms with Crippen molar-refractivity contribution in [1.29, 1.82) is 0 Å². The van der Waals surface area contributed by atoms with Gasteiger partial charge in [-0.1, -0.05) is 0 Å². The van der Waals surface area contributed by atoms with Crippen LogP contribution in [0.4, 0.5) is 0 Å². The van der Waals surface area contributed by atoms with Crippen molar-refractivity contribution in [3.63, 3.8) is 0 Å². The van der Waals surface area contributed by atoms with Crippen LogP contribution < -0.4 is 10.0 Å². The first kappa shape index (κ1) is 14.4. The Morgan fingerprint density at radius 3 is 2.88 bits per heavy atom. The van der Waals surface area contributed by atoms with Gasteiger partial charge in [-0.25, -0.2) is 13.1 Å². The number of esters is 1. The van der Waals surface area contributed by atoms with Crippen LogP contribution in [0.1, 0.15) is 19.8 Å². The number of ether oxygens (including phenoxy) is 1. The summed E-state index contributed by atoms with van der Waals surface area (Å²) in [5.41, 5.74) is 0. The molecule has 6 nitrogen and oxygen atoms in total. The average Bonchev–Trinajstić information content (AvgIpc) is 2.27. The summed E-state index contributed by atoms with van der Waals surface area (Å²) in [6.07, 6.45) is 2.07. The molecule has 1 heterocycles. The van der Waals surface area contributed by atoms with Crippen molar-refractivity contribution in [2.24, 2.45) is 5.92 Å². The summed E-state index contributed by atoms with van der Waals surface area (Å²) >= 11 is 0. The fourth-order valence-corrected chi connectivity index (χ4v) is 2.74. The van der Waals surface area contributed by atoms with Gasteiger partial charge in [0, 0.05) is 6.54 Å². The Kier molecular flexibility index (Phi) is 5.87. The molecule has 1 atom stereocenters. The van der Waals surface area contributed by atoms with Crippen molar-refractivity contribution >= 4 is 16.0 Å². The number of carbonyl (C=O) groups is 1. The Bertz CT molecular complexity index is 336. The lowest BCUT2D eigenvalue weighted by atomic mass is 10.0. The number of piperidine rings is 1. The van der Waals surface area contributed by atoms with Gasteiger partial charge in [-0.05, 0) is 38.8 Å². The molecule has 1 unspecified atom stereocenters. The second kappa shape index (κ2) is 6.93. The molecule has 0 aromatic heterocycles. The van der Waals surface area contributed by atoms with Crippen LogP contribution >= 0.6 is 0 Å². The second-order valence-corrected chi connectivity index (χ2v) is 5.93. The fourth-order valence-electron chi connectivity index (χ4n) is 1.75. The van der Waals surface area contributed by atoms with E-state index in [2.05, 4.69) is 14.8 Å². The summed E-state index contributed by atoms with van der Waals surface area (Å²) in [6, 6.07) is 0. The van der Waals surface area contributed by atoms with Crippen molar-refractivity contribution in [3.05, 3.63) is 0 Å². The van der Waals surface area contributed by atoms with E-state index in [0.29, 0.717) is 12.5 Å². The van der Waals surface area contributed by atoms with E-state index in [4.69, 9.17) is 0 Å². The monoisotopic (exact) mass is 264 g/mol. The van der Waals surface area contributed by atoms with E-state index in [9.17, 15) is 13.2 Å². The first-order chi connectivity index (χ1) is 8.03. The Hall–Kier alpha value is -0.660. The highest BCUT2D eigenvalue weighted by Gasteiger charge is 2.20. The van der Waals surface area contributed by atoms with E-state index in [-0.39, 0.29) is 6.61 Å². The van der Waals surface area contributed by atoms with Gasteiger partial charge in [0.15, 0.2) is 5.75 Å². The van der Waals surface area contributed by atoms with Crippen LogP contribution in [0.3, 0.4) is 0 Å². The van der Waals surface area contributed by atoms with Crippen LogP contribution in [-0.2, 0) is 19.6 Å². The molecule has 7 heteroatoms. The quantitative estimate of drug-likeness (QED) is 0.630. The minimum Gasteiger partial charge on any atom is -0.465 e. The van der Waals surface area contributed by atoms with E-state index in [1.807, 2.05) is 0 Å². The van der Waals surface area contributed by atoms with Crippen LogP contribution in [0, 0.1) is 5.92 Å². The molecule has 0 spiro atoms. The maximum Gasteiger partial charge on any atom is 0.322 e. The van der Waals surface area contributed by atoms with Crippen LogP contribution in [0.2, 0.25) is 0 Å². The van der Waals surface area contributed by atoms with Gasteiger partial charge in [0.05, 0.1) is 6.61 Å². The highest BCUT2D eigenvalue weighted by atomic mass is 32.2. The molecule has 1 fully saturated rings. The summed E-state index contributed by atoms with van der Waals surface area (Å²) in [4.78, 5) is 11.1. The molecule has 0 radical (unpaired) electrons. The molecule has 1 rings (SSSR count). The number of nitrogens with one attached hydrogen (secondary N) is 2. The van der Waals surface area contributed by atoms with Gasteiger partial charge in [0.25, 0.3) is 0 Å². The van der Waals surface area contributed by atoms with E-state index in [0.717, 1.165) is 25.9 Å². The van der Waals surface area contributed by atoms with Crippen molar-refractivity contribution < 1.29 is 17.9 Å². The highest BCUT2D eigenvalue weighted by Crippen LogP contribution is 2.08. The third-order valence-corrected chi connectivity index (χ3v) is 3.83. The summed E-state index contributed by atoms with van der Waals surface area (Å²) in [5.74, 6) is -0.997. The number of hydrogen-bond acceptors (Lipinski definition) is 5. The molecule has 2 N–H and O–H groups in total. The molecule has 0 saturated carbocycles. The zero-order valence-electron chi connectivity index (χ0n) is 10.1. The Balaban J connectivity index is 2.30. The Labute approximate surface area is 102 Å². The third kappa shape index (κ3) is 5.99. The number of hydrogen-bond donors (Lipinski definition) is 2. The lowest BCUT2D eigenvalue weighted by Gasteiger charge is -2.22. The van der Waals surface area contributed by atoms with Crippen LogP contribution in [0.5, 0.6) is 0 Å². The SMILES string of the molecule is CCOC(=O)CS(=O)(=O)NCC1CCCNC1. The Morgan fingerprint density at radius 2 is 2.29 bits per heavy atom. The van der Waals surface area contributed by atoms with Gasteiger partial charge in [0.2, 0.25) is 10.0 Å². The van der Waals surface area contributed by atoms with Gasteiger partial charge >= 0.3 is 5.97 Å². The molecule has 1 saturated heterocycles. The predicted molar refractivity (Wildman–Crippen MR) is 64.0 cm³/mol. The van der Waals surface area contributed by atoms with E-state index in [1.165, 1.54) is 0 Å².